The molecule has 0 atom stereocenters. The van der Waals surface area contributed by atoms with Gasteiger partial charge in [0.1, 0.15) is 10.0 Å². The molecule has 0 unspecified atom stereocenters. The number of sulfonamides is 1. The third-order valence-electron chi connectivity index (χ3n) is 3.06. The van der Waals surface area contributed by atoms with Gasteiger partial charge in [0.2, 0.25) is 15.2 Å². The lowest BCUT2D eigenvalue weighted by molar-refractivity contribution is 0.585. The highest BCUT2D eigenvalue weighted by Gasteiger charge is 2.27. The predicted molar refractivity (Wildman–Crippen MR) is 84.6 cm³/mol. The summed E-state index contributed by atoms with van der Waals surface area (Å²) >= 11 is 2.60. The van der Waals surface area contributed by atoms with Crippen molar-refractivity contribution in [2.75, 3.05) is 18.4 Å². The molecule has 21 heavy (non-hydrogen) atoms. The standard InChI is InChI=1S/C12H16N4O2S3/c1-8-2-5-10(19-8)21(17,18)14-7-6-13-12-15-11(16-20-12)9-3-4-9/h2,5,9,14H,3-4,6-7H2,1H3,(H,13,15,16). The van der Waals surface area contributed by atoms with E-state index in [4.69, 9.17) is 0 Å². The van der Waals surface area contributed by atoms with Gasteiger partial charge >= 0.3 is 0 Å². The second-order valence-corrected chi connectivity index (χ2v) is 8.96. The molecule has 0 aromatic carbocycles. The highest BCUT2D eigenvalue weighted by molar-refractivity contribution is 7.91. The Balaban J connectivity index is 1.47. The summed E-state index contributed by atoms with van der Waals surface area (Å²) in [6.07, 6.45) is 2.35. The number of aromatic nitrogens is 2. The van der Waals surface area contributed by atoms with Gasteiger partial charge in [-0.25, -0.2) is 18.1 Å². The number of hydrogen-bond donors (Lipinski definition) is 2. The summed E-state index contributed by atoms with van der Waals surface area (Å²) in [6.45, 7) is 2.69. The van der Waals surface area contributed by atoms with Crippen molar-refractivity contribution >= 4 is 38.0 Å². The molecule has 0 bridgehead atoms. The van der Waals surface area contributed by atoms with Crippen molar-refractivity contribution in [1.29, 1.82) is 0 Å². The van der Waals surface area contributed by atoms with Crippen LogP contribution in [0.25, 0.3) is 0 Å². The zero-order valence-electron chi connectivity index (χ0n) is 11.5. The van der Waals surface area contributed by atoms with Gasteiger partial charge in [0, 0.05) is 35.4 Å². The Bertz CT molecular complexity index is 718. The van der Waals surface area contributed by atoms with E-state index >= 15 is 0 Å². The maximum Gasteiger partial charge on any atom is 0.250 e. The molecule has 1 aliphatic rings. The zero-order chi connectivity index (χ0) is 14.9. The van der Waals surface area contributed by atoms with Crippen LogP contribution in [-0.4, -0.2) is 30.9 Å². The highest BCUT2D eigenvalue weighted by Crippen LogP contribution is 2.39. The van der Waals surface area contributed by atoms with Crippen LogP contribution in [0.5, 0.6) is 0 Å². The van der Waals surface area contributed by atoms with E-state index in [-0.39, 0.29) is 0 Å². The van der Waals surface area contributed by atoms with Gasteiger partial charge in [0.15, 0.2) is 0 Å². The van der Waals surface area contributed by atoms with E-state index in [1.165, 1.54) is 35.7 Å². The molecule has 9 heteroatoms. The Morgan fingerprint density at radius 3 is 2.81 bits per heavy atom. The van der Waals surface area contributed by atoms with Gasteiger partial charge in [-0.1, -0.05) is 0 Å². The number of anilines is 1. The first-order chi connectivity index (χ1) is 10.0. The van der Waals surface area contributed by atoms with E-state index in [1.54, 1.807) is 12.1 Å². The van der Waals surface area contributed by atoms with Crippen LogP contribution in [0.15, 0.2) is 16.3 Å². The van der Waals surface area contributed by atoms with Crippen LogP contribution >= 0.6 is 22.9 Å². The lowest BCUT2D eigenvalue weighted by atomic mass is 10.4. The molecule has 1 fully saturated rings. The fraction of sp³-hybridized carbons (Fsp3) is 0.500. The molecule has 0 radical (unpaired) electrons. The molecule has 0 amide bonds. The maximum atomic E-state index is 12.0. The summed E-state index contributed by atoms with van der Waals surface area (Å²) in [6, 6.07) is 3.43. The van der Waals surface area contributed by atoms with E-state index in [0.717, 1.165) is 15.8 Å². The van der Waals surface area contributed by atoms with Crippen LogP contribution < -0.4 is 10.0 Å². The smallest absolute Gasteiger partial charge is 0.250 e. The minimum atomic E-state index is -3.40. The van der Waals surface area contributed by atoms with E-state index < -0.39 is 10.0 Å². The molecule has 1 aliphatic carbocycles. The fourth-order valence-corrected chi connectivity index (χ4v) is 4.83. The number of nitrogens with one attached hydrogen (secondary N) is 2. The van der Waals surface area contributed by atoms with Crippen LogP contribution in [-0.2, 0) is 10.0 Å². The highest BCUT2D eigenvalue weighted by atomic mass is 32.2. The monoisotopic (exact) mass is 344 g/mol. The van der Waals surface area contributed by atoms with Gasteiger partial charge in [-0.2, -0.15) is 4.37 Å². The van der Waals surface area contributed by atoms with Crippen molar-refractivity contribution < 1.29 is 8.42 Å². The molecule has 0 aliphatic heterocycles. The zero-order valence-corrected chi connectivity index (χ0v) is 13.9. The summed E-state index contributed by atoms with van der Waals surface area (Å²) in [5.74, 6) is 1.45. The number of nitrogens with zero attached hydrogens (tertiary/aromatic N) is 2. The summed E-state index contributed by atoms with van der Waals surface area (Å²) in [4.78, 5) is 5.37. The van der Waals surface area contributed by atoms with Gasteiger partial charge in [0.25, 0.3) is 0 Å². The van der Waals surface area contributed by atoms with Crippen molar-refractivity contribution in [3.8, 4) is 0 Å². The average molecular weight is 344 g/mol. The van der Waals surface area contributed by atoms with Gasteiger partial charge in [0.05, 0.1) is 0 Å². The molecular formula is C12H16N4O2S3. The summed E-state index contributed by atoms with van der Waals surface area (Å²) in [5.41, 5.74) is 0. The molecule has 2 heterocycles. The number of hydrogen-bond acceptors (Lipinski definition) is 7. The van der Waals surface area contributed by atoms with Crippen molar-refractivity contribution in [2.24, 2.45) is 0 Å². The Labute approximate surface area is 131 Å². The molecule has 2 N–H and O–H groups in total. The molecule has 6 nitrogen and oxygen atoms in total. The first-order valence-corrected chi connectivity index (χ1v) is 9.75. The second-order valence-electron chi connectivity index (χ2n) is 4.92. The van der Waals surface area contributed by atoms with Crippen LogP contribution in [0, 0.1) is 6.92 Å². The van der Waals surface area contributed by atoms with Gasteiger partial charge in [-0.15, -0.1) is 11.3 Å². The molecule has 2 aromatic rings. The molecule has 0 saturated heterocycles. The first-order valence-electron chi connectivity index (χ1n) is 6.68. The van der Waals surface area contributed by atoms with Crippen molar-refractivity contribution in [3.05, 3.63) is 22.8 Å². The Morgan fingerprint density at radius 2 is 2.14 bits per heavy atom. The van der Waals surface area contributed by atoms with Crippen LogP contribution in [0.2, 0.25) is 0 Å². The predicted octanol–water partition coefficient (Wildman–Crippen LogP) is 2.18. The van der Waals surface area contributed by atoms with Crippen LogP contribution in [0.1, 0.15) is 29.5 Å². The fourth-order valence-electron chi connectivity index (χ4n) is 1.80. The third kappa shape index (κ3) is 3.79. The SMILES string of the molecule is Cc1ccc(S(=O)(=O)NCCNc2nc(C3CC3)ns2)s1. The van der Waals surface area contributed by atoms with Gasteiger partial charge < -0.3 is 5.32 Å². The Hall–Kier alpha value is -1.03. The van der Waals surface area contributed by atoms with Gasteiger partial charge in [-0.05, 0) is 31.9 Å². The minimum Gasteiger partial charge on any atom is -0.359 e. The molecule has 1 saturated carbocycles. The lowest BCUT2D eigenvalue weighted by Gasteiger charge is -2.05. The normalized spacial score (nSPS) is 15.3. The van der Waals surface area contributed by atoms with E-state index in [1.807, 2.05) is 6.92 Å². The first kappa shape index (κ1) is 14.9. The quantitative estimate of drug-likeness (QED) is 0.752. The largest absolute Gasteiger partial charge is 0.359 e. The summed E-state index contributed by atoms with van der Waals surface area (Å²) in [7, 11) is -3.40. The topological polar surface area (TPSA) is 84.0 Å². The van der Waals surface area contributed by atoms with Crippen LogP contribution in [0.4, 0.5) is 5.13 Å². The van der Waals surface area contributed by atoms with Crippen molar-refractivity contribution in [3.63, 3.8) is 0 Å². The van der Waals surface area contributed by atoms with E-state index in [0.29, 0.717) is 23.2 Å². The van der Waals surface area contributed by atoms with E-state index in [9.17, 15) is 8.42 Å². The summed E-state index contributed by atoms with van der Waals surface area (Å²) < 4.78 is 31.2. The molecule has 3 rings (SSSR count). The number of thiophene rings is 1. The lowest BCUT2D eigenvalue weighted by Crippen LogP contribution is -2.28. The second kappa shape index (κ2) is 5.99. The Morgan fingerprint density at radius 1 is 1.33 bits per heavy atom. The van der Waals surface area contributed by atoms with Crippen molar-refractivity contribution in [2.45, 2.75) is 29.9 Å². The summed E-state index contributed by atoms with van der Waals surface area (Å²) in [5, 5.41) is 3.85. The van der Waals surface area contributed by atoms with Crippen LogP contribution in [0.3, 0.4) is 0 Å². The van der Waals surface area contributed by atoms with E-state index in [2.05, 4.69) is 19.4 Å². The molecular weight excluding hydrogens is 328 g/mol. The van der Waals surface area contributed by atoms with Gasteiger partial charge in [-0.3, -0.25) is 0 Å². The maximum absolute atomic E-state index is 12.0. The average Bonchev–Trinajstić information content (AvgIpc) is 3.01. The number of rotatable bonds is 7. The number of aryl methyl sites for hydroxylation is 1. The minimum absolute atomic E-state index is 0.317. The Kier molecular flexibility index (Phi) is 4.25. The van der Waals surface area contributed by atoms with Crippen molar-refractivity contribution in [1.82, 2.24) is 14.1 Å². The molecule has 2 aromatic heterocycles. The third-order valence-corrected chi connectivity index (χ3v) is 6.70. The molecule has 114 valence electrons. The molecule has 0 spiro atoms.